The molecule has 30 heavy (non-hydrogen) atoms. The van der Waals surface area contributed by atoms with Crippen LogP contribution in [-0.4, -0.2) is 15.9 Å². The molecule has 4 rings (SSSR count). The Morgan fingerprint density at radius 1 is 1.17 bits per heavy atom. The lowest BCUT2D eigenvalue weighted by Gasteiger charge is -2.14. The number of carbonyl (C=O) groups excluding carboxylic acids is 1. The third kappa shape index (κ3) is 4.15. The Bertz CT molecular complexity index is 1260. The van der Waals surface area contributed by atoms with Gasteiger partial charge in [-0.25, -0.2) is 4.98 Å². The van der Waals surface area contributed by atoms with E-state index in [0.29, 0.717) is 37.9 Å². The molecule has 1 unspecified atom stereocenters. The molecule has 0 saturated carbocycles. The molecule has 7 heteroatoms. The van der Waals surface area contributed by atoms with E-state index in [4.69, 9.17) is 11.6 Å². The van der Waals surface area contributed by atoms with Gasteiger partial charge in [-0.1, -0.05) is 54.1 Å². The van der Waals surface area contributed by atoms with E-state index in [0.717, 1.165) is 11.1 Å². The van der Waals surface area contributed by atoms with Gasteiger partial charge in [0, 0.05) is 11.4 Å². The van der Waals surface area contributed by atoms with Crippen LogP contribution in [0.15, 0.2) is 59.4 Å². The summed E-state index contributed by atoms with van der Waals surface area (Å²) in [7, 11) is 0. The Morgan fingerprint density at radius 2 is 1.87 bits per heavy atom. The number of carbonyl (C=O) groups is 1. The van der Waals surface area contributed by atoms with Crippen LogP contribution in [0.4, 0.5) is 0 Å². The Kier molecular flexibility index (Phi) is 5.70. The first kappa shape index (κ1) is 20.3. The van der Waals surface area contributed by atoms with E-state index < -0.39 is 0 Å². The summed E-state index contributed by atoms with van der Waals surface area (Å²) in [6.07, 6.45) is 0.526. The van der Waals surface area contributed by atoms with E-state index in [1.165, 1.54) is 11.3 Å². The van der Waals surface area contributed by atoms with Crippen molar-refractivity contribution in [3.8, 4) is 0 Å². The SMILES string of the molecule is Cc1c(C(=O)NC(C)c2ccc(Cl)cc2)sc2nc(Cc3ccccc3)[nH]c(=O)c12. The van der Waals surface area contributed by atoms with Crippen molar-refractivity contribution in [2.24, 2.45) is 0 Å². The van der Waals surface area contributed by atoms with E-state index in [2.05, 4.69) is 15.3 Å². The monoisotopic (exact) mass is 437 g/mol. The van der Waals surface area contributed by atoms with Gasteiger partial charge in [-0.15, -0.1) is 11.3 Å². The average Bonchev–Trinajstić information content (AvgIpc) is 3.06. The number of halogens is 1. The van der Waals surface area contributed by atoms with Crippen molar-refractivity contribution in [1.29, 1.82) is 0 Å². The van der Waals surface area contributed by atoms with E-state index in [1.807, 2.05) is 49.4 Å². The number of hydrogen-bond donors (Lipinski definition) is 2. The van der Waals surface area contributed by atoms with Crippen molar-refractivity contribution in [1.82, 2.24) is 15.3 Å². The maximum atomic E-state index is 12.9. The Morgan fingerprint density at radius 3 is 2.57 bits per heavy atom. The molecule has 2 aromatic carbocycles. The summed E-state index contributed by atoms with van der Waals surface area (Å²) in [5.41, 5.74) is 2.44. The number of fused-ring (bicyclic) bond motifs is 1. The molecule has 2 heterocycles. The number of aryl methyl sites for hydroxylation is 1. The predicted octanol–water partition coefficient (Wildman–Crippen LogP) is 5.03. The highest BCUT2D eigenvalue weighted by Gasteiger charge is 2.21. The summed E-state index contributed by atoms with van der Waals surface area (Å²) < 4.78 is 0. The van der Waals surface area contributed by atoms with E-state index in [9.17, 15) is 9.59 Å². The first-order valence-electron chi connectivity index (χ1n) is 9.55. The van der Waals surface area contributed by atoms with Crippen molar-refractivity contribution in [2.45, 2.75) is 26.3 Å². The summed E-state index contributed by atoms with van der Waals surface area (Å²) in [5.74, 6) is 0.364. The molecule has 0 spiro atoms. The minimum absolute atomic E-state index is 0.195. The number of H-pyrrole nitrogens is 1. The molecule has 2 N–H and O–H groups in total. The summed E-state index contributed by atoms with van der Waals surface area (Å²) in [6.45, 7) is 3.70. The van der Waals surface area contributed by atoms with Gasteiger partial charge in [-0.2, -0.15) is 0 Å². The third-order valence-electron chi connectivity index (χ3n) is 4.99. The van der Waals surface area contributed by atoms with Crippen LogP contribution in [0, 0.1) is 6.92 Å². The maximum absolute atomic E-state index is 12.9. The van der Waals surface area contributed by atoms with Crippen molar-refractivity contribution < 1.29 is 4.79 Å². The van der Waals surface area contributed by atoms with Crippen LogP contribution in [0.3, 0.4) is 0 Å². The van der Waals surface area contributed by atoms with Crippen LogP contribution in [0.2, 0.25) is 5.02 Å². The molecule has 0 aliphatic heterocycles. The standard InChI is InChI=1S/C23H20ClN3O2S/c1-13-19-21(28)26-18(12-15-6-4-3-5-7-15)27-23(19)30-20(13)22(29)25-14(2)16-8-10-17(24)11-9-16/h3-11,14H,12H2,1-2H3,(H,25,29)(H,26,27,28). The zero-order valence-electron chi connectivity index (χ0n) is 16.5. The second kappa shape index (κ2) is 8.42. The van der Waals surface area contributed by atoms with E-state index in [1.54, 1.807) is 19.1 Å². The summed E-state index contributed by atoms with van der Waals surface area (Å²) >= 11 is 7.18. The van der Waals surface area contributed by atoms with Crippen LogP contribution >= 0.6 is 22.9 Å². The van der Waals surface area contributed by atoms with Crippen LogP contribution < -0.4 is 10.9 Å². The summed E-state index contributed by atoms with van der Waals surface area (Å²) in [4.78, 5) is 34.1. The molecular weight excluding hydrogens is 418 g/mol. The molecule has 4 aromatic rings. The second-order valence-electron chi connectivity index (χ2n) is 7.16. The lowest BCUT2D eigenvalue weighted by Crippen LogP contribution is -2.26. The first-order chi connectivity index (χ1) is 14.4. The average molecular weight is 438 g/mol. The number of hydrogen-bond acceptors (Lipinski definition) is 4. The molecule has 1 atom stereocenters. The number of aromatic amines is 1. The zero-order chi connectivity index (χ0) is 21.3. The highest BCUT2D eigenvalue weighted by Crippen LogP contribution is 2.28. The van der Waals surface area contributed by atoms with Crippen LogP contribution in [0.1, 0.15) is 45.2 Å². The van der Waals surface area contributed by atoms with Gasteiger partial charge in [0.05, 0.1) is 16.3 Å². The van der Waals surface area contributed by atoms with Gasteiger partial charge in [-0.05, 0) is 42.7 Å². The normalized spacial score (nSPS) is 12.1. The topological polar surface area (TPSA) is 74.8 Å². The van der Waals surface area contributed by atoms with Crippen molar-refractivity contribution in [3.63, 3.8) is 0 Å². The van der Waals surface area contributed by atoms with Gasteiger partial charge < -0.3 is 10.3 Å². The Hall–Kier alpha value is -2.96. The van der Waals surface area contributed by atoms with E-state index in [-0.39, 0.29) is 17.5 Å². The lowest BCUT2D eigenvalue weighted by molar-refractivity contribution is 0.0943. The zero-order valence-corrected chi connectivity index (χ0v) is 18.1. The number of nitrogens with zero attached hydrogens (tertiary/aromatic N) is 1. The van der Waals surface area contributed by atoms with Gasteiger partial charge in [-0.3, -0.25) is 9.59 Å². The maximum Gasteiger partial charge on any atom is 0.262 e. The van der Waals surface area contributed by atoms with Gasteiger partial charge >= 0.3 is 0 Å². The minimum atomic E-state index is -0.220. The molecule has 152 valence electrons. The summed E-state index contributed by atoms with van der Waals surface area (Å²) in [6, 6.07) is 17.0. The van der Waals surface area contributed by atoms with Gasteiger partial charge in [0.2, 0.25) is 0 Å². The second-order valence-corrected chi connectivity index (χ2v) is 8.59. The summed E-state index contributed by atoms with van der Waals surface area (Å²) in [5, 5.41) is 4.12. The van der Waals surface area contributed by atoms with Crippen molar-refractivity contribution in [3.05, 3.63) is 97.4 Å². The molecule has 0 radical (unpaired) electrons. The largest absolute Gasteiger partial charge is 0.345 e. The van der Waals surface area contributed by atoms with Crippen molar-refractivity contribution >= 4 is 39.1 Å². The molecule has 0 aliphatic rings. The molecule has 0 aliphatic carbocycles. The molecule has 0 fully saturated rings. The minimum Gasteiger partial charge on any atom is -0.345 e. The smallest absolute Gasteiger partial charge is 0.262 e. The Balaban J connectivity index is 1.62. The van der Waals surface area contributed by atoms with Gasteiger partial charge in [0.25, 0.3) is 11.5 Å². The fourth-order valence-electron chi connectivity index (χ4n) is 3.37. The third-order valence-corrected chi connectivity index (χ3v) is 6.42. The van der Waals surface area contributed by atoms with Crippen molar-refractivity contribution in [2.75, 3.05) is 0 Å². The first-order valence-corrected chi connectivity index (χ1v) is 10.7. The molecular formula is C23H20ClN3O2S. The number of nitrogens with one attached hydrogen (secondary N) is 2. The Labute approximate surface area is 182 Å². The molecule has 0 bridgehead atoms. The number of amides is 1. The number of aromatic nitrogens is 2. The van der Waals surface area contributed by atoms with Crippen LogP contribution in [0.25, 0.3) is 10.2 Å². The fourth-order valence-corrected chi connectivity index (χ4v) is 4.60. The molecule has 5 nitrogen and oxygen atoms in total. The molecule has 1 amide bonds. The van der Waals surface area contributed by atoms with Gasteiger partial charge in [0.15, 0.2) is 0 Å². The molecule has 2 aromatic heterocycles. The van der Waals surface area contributed by atoms with Crippen LogP contribution in [-0.2, 0) is 6.42 Å². The molecule has 0 saturated heterocycles. The number of rotatable bonds is 5. The number of benzene rings is 2. The quantitative estimate of drug-likeness (QED) is 0.460. The highest BCUT2D eigenvalue weighted by molar-refractivity contribution is 7.20. The highest BCUT2D eigenvalue weighted by atomic mass is 35.5. The fraction of sp³-hybridized carbons (Fsp3) is 0.174. The predicted molar refractivity (Wildman–Crippen MR) is 122 cm³/mol. The van der Waals surface area contributed by atoms with Gasteiger partial charge in [0.1, 0.15) is 10.7 Å². The number of thiophene rings is 1. The lowest BCUT2D eigenvalue weighted by atomic mass is 10.1. The van der Waals surface area contributed by atoms with E-state index >= 15 is 0 Å². The van der Waals surface area contributed by atoms with Crippen LogP contribution in [0.5, 0.6) is 0 Å².